The van der Waals surface area contributed by atoms with Gasteiger partial charge in [0.1, 0.15) is 23.7 Å². The second-order valence-corrected chi connectivity index (χ2v) is 9.52. The maximum absolute atomic E-state index is 13.6. The van der Waals surface area contributed by atoms with Gasteiger partial charge >= 0.3 is 0 Å². The summed E-state index contributed by atoms with van der Waals surface area (Å²) in [6, 6.07) is 8.17. The first-order valence-corrected chi connectivity index (χ1v) is 12.4. The van der Waals surface area contributed by atoms with Crippen LogP contribution in [-0.4, -0.2) is 84.8 Å². The molecule has 2 aromatic carbocycles. The number of nitrogens with zero attached hydrogens (tertiary/aromatic N) is 4. The smallest absolute Gasteiger partial charge is 0.248 e. The predicted octanol–water partition coefficient (Wildman–Crippen LogP) is 3.68. The molecule has 2 N–H and O–H groups in total. The van der Waals surface area contributed by atoms with E-state index in [9.17, 15) is 9.18 Å². The number of ether oxygens (including phenoxy) is 2. The summed E-state index contributed by atoms with van der Waals surface area (Å²) in [4.78, 5) is 26.0. The SMILES string of the molecule is COc1cc2ncnc(Nc3ccc(F)c(Cl)c3)c2cc1NC(=O)C=CCN1CC2OCCN(C)C2C1. The topological polar surface area (TPSA) is 91.9 Å². The standard InChI is InChI=1S/C26H28ClFN6O3/c1-33-8-9-37-24-14-34(13-22(24)33)7-3-4-25(35)32-21-11-17-20(12-23(21)36-2)29-15-30-26(17)31-16-5-6-19(28)18(27)10-16/h3-6,10-12,15,22,24H,7-9,13-14H2,1-2H3,(H,32,35)(H,29,30,31). The van der Waals surface area contributed by atoms with Gasteiger partial charge in [0.15, 0.2) is 0 Å². The molecule has 3 aromatic rings. The van der Waals surface area contributed by atoms with Crippen molar-refractivity contribution in [1.82, 2.24) is 19.8 Å². The third-order valence-corrected chi connectivity index (χ3v) is 6.97. The number of carbonyl (C=O) groups excluding carboxylic acids is 1. The number of hydrogen-bond donors (Lipinski definition) is 2. The highest BCUT2D eigenvalue weighted by atomic mass is 35.5. The molecule has 2 saturated heterocycles. The molecule has 0 radical (unpaired) electrons. The number of rotatable bonds is 7. The first-order valence-electron chi connectivity index (χ1n) is 12.0. The quantitative estimate of drug-likeness (QED) is 0.450. The number of likely N-dealkylation sites (N-methyl/N-ethyl adjacent to an activating group) is 1. The summed E-state index contributed by atoms with van der Waals surface area (Å²) < 4.78 is 24.9. The Morgan fingerprint density at radius 1 is 1.30 bits per heavy atom. The fourth-order valence-corrected chi connectivity index (χ4v) is 4.91. The number of fused-ring (bicyclic) bond motifs is 2. The fourth-order valence-electron chi connectivity index (χ4n) is 4.73. The van der Waals surface area contributed by atoms with Gasteiger partial charge in [-0.15, -0.1) is 0 Å². The monoisotopic (exact) mass is 526 g/mol. The molecule has 2 unspecified atom stereocenters. The zero-order valence-corrected chi connectivity index (χ0v) is 21.3. The third-order valence-electron chi connectivity index (χ3n) is 6.68. The molecular weight excluding hydrogens is 499 g/mol. The molecule has 9 nitrogen and oxygen atoms in total. The maximum Gasteiger partial charge on any atom is 0.248 e. The summed E-state index contributed by atoms with van der Waals surface area (Å²) in [7, 11) is 3.66. The maximum atomic E-state index is 13.6. The number of likely N-dealkylation sites (tertiary alicyclic amines) is 1. The van der Waals surface area contributed by atoms with E-state index in [0.29, 0.717) is 46.4 Å². The number of benzene rings is 2. The normalized spacial score (nSPS) is 20.3. The van der Waals surface area contributed by atoms with E-state index < -0.39 is 5.82 Å². The highest BCUT2D eigenvalue weighted by Crippen LogP contribution is 2.33. The summed E-state index contributed by atoms with van der Waals surface area (Å²) in [5.41, 5.74) is 1.65. The van der Waals surface area contributed by atoms with Crippen LogP contribution in [0, 0.1) is 5.82 Å². The molecule has 2 aliphatic rings. The van der Waals surface area contributed by atoms with Crippen LogP contribution >= 0.6 is 11.6 Å². The first kappa shape index (κ1) is 25.3. The minimum absolute atomic E-state index is 0.00277. The molecular formula is C26H28ClFN6O3. The van der Waals surface area contributed by atoms with Crippen molar-refractivity contribution in [3.63, 3.8) is 0 Å². The van der Waals surface area contributed by atoms with E-state index >= 15 is 0 Å². The van der Waals surface area contributed by atoms with Gasteiger partial charge in [0.25, 0.3) is 0 Å². The molecule has 37 heavy (non-hydrogen) atoms. The number of carbonyl (C=O) groups is 1. The zero-order chi connectivity index (χ0) is 25.9. The number of methoxy groups -OCH3 is 1. The molecule has 2 aliphatic heterocycles. The molecule has 194 valence electrons. The average Bonchev–Trinajstić information content (AvgIpc) is 3.30. The highest BCUT2D eigenvalue weighted by molar-refractivity contribution is 6.31. The average molecular weight is 527 g/mol. The number of morpholine rings is 1. The molecule has 0 spiro atoms. The molecule has 5 rings (SSSR count). The van der Waals surface area contributed by atoms with Crippen LogP contribution in [0.4, 0.5) is 21.6 Å². The molecule has 2 fully saturated rings. The lowest BCUT2D eigenvalue weighted by molar-refractivity contribution is -0.111. The second kappa shape index (κ2) is 11.0. The summed E-state index contributed by atoms with van der Waals surface area (Å²) in [6.07, 6.45) is 5.01. The van der Waals surface area contributed by atoms with E-state index in [2.05, 4.69) is 37.4 Å². The first-order chi connectivity index (χ1) is 17.9. The van der Waals surface area contributed by atoms with Gasteiger partial charge in [0.05, 0.1) is 36.0 Å². The van der Waals surface area contributed by atoms with Gasteiger partial charge < -0.3 is 20.1 Å². The number of halogens is 2. The second-order valence-electron chi connectivity index (χ2n) is 9.11. The van der Waals surface area contributed by atoms with Crippen LogP contribution < -0.4 is 15.4 Å². The van der Waals surface area contributed by atoms with Crippen molar-refractivity contribution in [2.75, 3.05) is 57.6 Å². The van der Waals surface area contributed by atoms with Crippen LogP contribution in [0.2, 0.25) is 5.02 Å². The van der Waals surface area contributed by atoms with Crippen LogP contribution in [-0.2, 0) is 9.53 Å². The number of amides is 1. The van der Waals surface area contributed by atoms with E-state index in [-0.39, 0.29) is 17.0 Å². The molecule has 2 atom stereocenters. The Kier molecular flexibility index (Phi) is 7.52. The number of hydrogen-bond acceptors (Lipinski definition) is 8. The van der Waals surface area contributed by atoms with Gasteiger partial charge in [-0.05, 0) is 31.3 Å². The van der Waals surface area contributed by atoms with Gasteiger partial charge in [-0.3, -0.25) is 14.6 Å². The Morgan fingerprint density at radius 2 is 2.16 bits per heavy atom. The van der Waals surface area contributed by atoms with Crippen molar-refractivity contribution < 1.29 is 18.7 Å². The van der Waals surface area contributed by atoms with E-state index in [1.807, 2.05) is 6.08 Å². The van der Waals surface area contributed by atoms with E-state index in [1.54, 1.807) is 18.2 Å². The van der Waals surface area contributed by atoms with Crippen LogP contribution in [0.5, 0.6) is 5.75 Å². The van der Waals surface area contributed by atoms with Crippen molar-refractivity contribution in [1.29, 1.82) is 0 Å². The van der Waals surface area contributed by atoms with Crippen LogP contribution in [0.15, 0.2) is 48.8 Å². The van der Waals surface area contributed by atoms with Crippen LogP contribution in [0.3, 0.4) is 0 Å². The number of anilines is 3. The Balaban J connectivity index is 1.29. The van der Waals surface area contributed by atoms with Crippen molar-refractivity contribution in [2.24, 2.45) is 0 Å². The number of aromatic nitrogens is 2. The molecule has 0 bridgehead atoms. The molecule has 0 aliphatic carbocycles. The minimum atomic E-state index is -0.508. The van der Waals surface area contributed by atoms with Crippen molar-refractivity contribution in [3.8, 4) is 5.75 Å². The third kappa shape index (κ3) is 5.67. The largest absolute Gasteiger partial charge is 0.494 e. The van der Waals surface area contributed by atoms with Gasteiger partial charge in [-0.25, -0.2) is 14.4 Å². The van der Waals surface area contributed by atoms with E-state index in [1.165, 1.54) is 31.6 Å². The van der Waals surface area contributed by atoms with Crippen molar-refractivity contribution in [2.45, 2.75) is 12.1 Å². The van der Waals surface area contributed by atoms with E-state index in [4.69, 9.17) is 21.1 Å². The van der Waals surface area contributed by atoms with E-state index in [0.717, 1.165) is 26.2 Å². The molecule has 1 aromatic heterocycles. The van der Waals surface area contributed by atoms with Crippen LogP contribution in [0.25, 0.3) is 10.9 Å². The lowest BCUT2D eigenvalue weighted by atomic mass is 10.1. The Bertz CT molecular complexity index is 1340. The Morgan fingerprint density at radius 3 is 2.95 bits per heavy atom. The minimum Gasteiger partial charge on any atom is -0.494 e. The highest BCUT2D eigenvalue weighted by Gasteiger charge is 2.37. The van der Waals surface area contributed by atoms with Gasteiger partial charge in [-0.2, -0.15) is 0 Å². The molecule has 3 heterocycles. The lowest BCUT2D eigenvalue weighted by Gasteiger charge is -2.33. The van der Waals surface area contributed by atoms with Crippen LogP contribution in [0.1, 0.15) is 0 Å². The molecule has 0 saturated carbocycles. The van der Waals surface area contributed by atoms with Gasteiger partial charge in [0, 0.05) is 55.4 Å². The van der Waals surface area contributed by atoms with Crippen molar-refractivity contribution in [3.05, 3.63) is 59.7 Å². The summed E-state index contributed by atoms with van der Waals surface area (Å²) in [5.74, 6) is 0.155. The number of nitrogens with one attached hydrogen (secondary N) is 2. The fraction of sp³-hybridized carbons (Fsp3) is 0.346. The molecule has 11 heteroatoms. The lowest BCUT2D eigenvalue weighted by Crippen LogP contribution is -2.48. The van der Waals surface area contributed by atoms with Gasteiger partial charge in [-0.1, -0.05) is 17.7 Å². The molecule has 1 amide bonds. The Hall–Kier alpha value is -3.31. The Labute approximate surface area is 219 Å². The summed E-state index contributed by atoms with van der Waals surface area (Å²) >= 11 is 5.91. The predicted molar refractivity (Wildman–Crippen MR) is 141 cm³/mol. The van der Waals surface area contributed by atoms with Crippen molar-refractivity contribution >= 4 is 45.6 Å². The van der Waals surface area contributed by atoms with Gasteiger partial charge in [0.2, 0.25) is 5.91 Å². The summed E-state index contributed by atoms with van der Waals surface area (Å²) in [5, 5.41) is 6.66. The summed E-state index contributed by atoms with van der Waals surface area (Å²) in [6.45, 7) is 4.14. The zero-order valence-electron chi connectivity index (χ0n) is 20.6.